The Balaban J connectivity index is 4.79. The third-order valence-corrected chi connectivity index (χ3v) is 3.00. The minimum atomic E-state index is -1.10. The van der Waals surface area contributed by atoms with E-state index in [0.29, 0.717) is 0 Å². The second-order valence-corrected chi connectivity index (χ2v) is 8.55. The summed E-state index contributed by atoms with van der Waals surface area (Å²) in [5.41, 5.74) is 1.04. The summed E-state index contributed by atoms with van der Waals surface area (Å²) in [5.74, 6) is -1.59. The van der Waals surface area contributed by atoms with Gasteiger partial charge in [0.1, 0.15) is 17.7 Å². The van der Waals surface area contributed by atoms with E-state index in [2.05, 4.69) is 16.1 Å². The van der Waals surface area contributed by atoms with Crippen molar-refractivity contribution in [2.24, 2.45) is 0 Å². The quantitative estimate of drug-likeness (QED) is 0.409. The average Bonchev–Trinajstić information content (AvgIpc) is 2.41. The molecule has 168 valence electrons. The van der Waals surface area contributed by atoms with Gasteiger partial charge in [0.15, 0.2) is 0 Å². The van der Waals surface area contributed by atoms with E-state index in [0.717, 1.165) is 5.01 Å². The second-order valence-electron chi connectivity index (χ2n) is 8.55. The monoisotopic (exact) mass is 418 g/mol. The molecule has 0 heterocycles. The molecule has 11 heteroatoms. The third kappa shape index (κ3) is 16.1. The van der Waals surface area contributed by atoms with Crippen molar-refractivity contribution in [3.05, 3.63) is 0 Å². The van der Waals surface area contributed by atoms with E-state index < -0.39 is 41.3 Å². The lowest BCUT2D eigenvalue weighted by Crippen LogP contribution is -2.47. The minimum Gasteiger partial charge on any atom is -0.480 e. The van der Waals surface area contributed by atoms with Crippen molar-refractivity contribution in [3.8, 4) is 0 Å². The van der Waals surface area contributed by atoms with E-state index in [9.17, 15) is 19.2 Å². The number of hydrazine groups is 1. The van der Waals surface area contributed by atoms with Crippen molar-refractivity contribution >= 4 is 24.1 Å². The van der Waals surface area contributed by atoms with E-state index in [1.807, 2.05) is 0 Å². The van der Waals surface area contributed by atoms with Crippen LogP contribution < -0.4 is 16.1 Å². The Kier molecular flexibility index (Phi) is 10.4. The number of aliphatic carboxylic acids is 1. The van der Waals surface area contributed by atoms with Crippen LogP contribution in [-0.4, -0.2) is 71.6 Å². The van der Waals surface area contributed by atoms with Gasteiger partial charge < -0.3 is 25.2 Å². The lowest BCUT2D eigenvalue weighted by atomic mass is 10.1. The first kappa shape index (κ1) is 26.4. The molecule has 0 radical (unpaired) electrons. The Hall–Kier alpha value is -2.56. The third-order valence-electron chi connectivity index (χ3n) is 3.00. The standard InChI is InChI=1S/C18H34N4O7/c1-17(2,3)28-15(26)19-9-8-12(20-16(27)29-18(4,5)6)10-13(23)21-22(7)11-14(24)25/h12H,8-11H2,1-7H3,(H,19,26)(H,20,27)(H,21,23)(H,24,25)/t12-/m0/s1. The molecule has 0 aromatic carbocycles. The van der Waals surface area contributed by atoms with Gasteiger partial charge >= 0.3 is 18.2 Å². The molecule has 29 heavy (non-hydrogen) atoms. The SMILES string of the molecule is CN(CC(=O)O)NC(=O)C[C@H](CCNC(=O)OC(C)(C)C)NC(=O)OC(C)(C)C. The van der Waals surface area contributed by atoms with Crippen molar-refractivity contribution in [1.29, 1.82) is 0 Å². The van der Waals surface area contributed by atoms with Crippen LogP contribution in [0.25, 0.3) is 0 Å². The number of hydrogen-bond donors (Lipinski definition) is 4. The molecular formula is C18H34N4O7. The summed E-state index contributed by atoms with van der Waals surface area (Å²) in [4.78, 5) is 46.6. The topological polar surface area (TPSA) is 146 Å². The van der Waals surface area contributed by atoms with Crippen molar-refractivity contribution in [2.75, 3.05) is 20.1 Å². The molecule has 1 atom stereocenters. The van der Waals surface area contributed by atoms with Crippen LogP contribution in [0.3, 0.4) is 0 Å². The van der Waals surface area contributed by atoms with Crippen LogP contribution in [0.15, 0.2) is 0 Å². The zero-order valence-corrected chi connectivity index (χ0v) is 18.2. The molecule has 0 bridgehead atoms. The summed E-state index contributed by atoms with van der Waals surface area (Å²) >= 11 is 0. The molecule has 0 spiro atoms. The smallest absolute Gasteiger partial charge is 0.407 e. The molecule has 0 aliphatic heterocycles. The highest BCUT2D eigenvalue weighted by Gasteiger charge is 2.23. The largest absolute Gasteiger partial charge is 0.480 e. The number of hydrogen-bond acceptors (Lipinski definition) is 7. The summed E-state index contributed by atoms with van der Waals surface area (Å²) in [7, 11) is 1.41. The maximum absolute atomic E-state index is 12.1. The summed E-state index contributed by atoms with van der Waals surface area (Å²) in [5, 5.41) is 15.0. The first-order valence-electron chi connectivity index (χ1n) is 9.26. The number of nitrogens with one attached hydrogen (secondary N) is 3. The van der Waals surface area contributed by atoms with Crippen molar-refractivity contribution in [3.63, 3.8) is 0 Å². The Morgan fingerprint density at radius 3 is 1.97 bits per heavy atom. The fourth-order valence-corrected chi connectivity index (χ4v) is 2.09. The zero-order chi connectivity index (χ0) is 22.8. The van der Waals surface area contributed by atoms with Crippen LogP contribution in [0.5, 0.6) is 0 Å². The Bertz CT molecular complexity index is 582. The first-order valence-corrected chi connectivity index (χ1v) is 9.26. The van der Waals surface area contributed by atoms with Gasteiger partial charge in [-0.15, -0.1) is 0 Å². The van der Waals surface area contributed by atoms with E-state index in [4.69, 9.17) is 14.6 Å². The van der Waals surface area contributed by atoms with Gasteiger partial charge in [0.25, 0.3) is 0 Å². The fraction of sp³-hybridized carbons (Fsp3) is 0.778. The molecule has 0 aromatic rings. The van der Waals surface area contributed by atoms with Gasteiger partial charge in [0.2, 0.25) is 5.91 Å². The van der Waals surface area contributed by atoms with Crippen LogP contribution in [0.1, 0.15) is 54.4 Å². The van der Waals surface area contributed by atoms with Gasteiger partial charge in [-0.3, -0.25) is 15.0 Å². The molecule has 0 saturated heterocycles. The van der Waals surface area contributed by atoms with Gasteiger partial charge in [0, 0.05) is 26.1 Å². The molecule has 3 amide bonds. The number of nitrogens with zero attached hydrogens (tertiary/aromatic N) is 1. The summed E-state index contributed by atoms with van der Waals surface area (Å²) in [6, 6.07) is -0.655. The second kappa shape index (κ2) is 11.4. The highest BCUT2D eigenvalue weighted by molar-refractivity contribution is 5.78. The number of ether oxygens (including phenoxy) is 2. The summed E-state index contributed by atoms with van der Waals surface area (Å²) in [6.45, 7) is 10.1. The van der Waals surface area contributed by atoms with Crippen molar-refractivity contribution in [1.82, 2.24) is 21.1 Å². The molecule has 0 saturated carbocycles. The molecule has 0 aliphatic carbocycles. The number of carbonyl (C=O) groups excluding carboxylic acids is 3. The number of amides is 3. The van der Waals surface area contributed by atoms with Gasteiger partial charge in [-0.25, -0.2) is 14.6 Å². The lowest BCUT2D eigenvalue weighted by molar-refractivity contribution is -0.139. The lowest BCUT2D eigenvalue weighted by Gasteiger charge is -2.24. The highest BCUT2D eigenvalue weighted by atomic mass is 16.6. The van der Waals surface area contributed by atoms with Gasteiger partial charge in [-0.2, -0.15) is 0 Å². The predicted octanol–water partition coefficient (Wildman–Crippen LogP) is 1.23. The molecule has 4 N–H and O–H groups in total. The van der Waals surface area contributed by atoms with Crippen LogP contribution in [0.2, 0.25) is 0 Å². The fourth-order valence-electron chi connectivity index (χ4n) is 2.09. The van der Waals surface area contributed by atoms with Crippen LogP contribution in [-0.2, 0) is 19.1 Å². The Labute approximate surface area is 171 Å². The average molecular weight is 418 g/mol. The number of alkyl carbamates (subject to hydrolysis) is 2. The van der Waals surface area contributed by atoms with Gasteiger partial charge in [0.05, 0.1) is 0 Å². The molecule has 0 unspecified atom stereocenters. The van der Waals surface area contributed by atoms with E-state index >= 15 is 0 Å². The maximum atomic E-state index is 12.1. The van der Waals surface area contributed by atoms with E-state index in [-0.39, 0.29) is 25.9 Å². The maximum Gasteiger partial charge on any atom is 0.407 e. The van der Waals surface area contributed by atoms with Crippen LogP contribution >= 0.6 is 0 Å². The number of carboxylic acid groups (broad SMARTS) is 1. The van der Waals surface area contributed by atoms with E-state index in [1.54, 1.807) is 41.5 Å². The Morgan fingerprint density at radius 2 is 1.48 bits per heavy atom. The summed E-state index contributed by atoms with van der Waals surface area (Å²) in [6.07, 6.45) is -1.22. The van der Waals surface area contributed by atoms with Crippen molar-refractivity contribution < 1.29 is 33.8 Å². The van der Waals surface area contributed by atoms with Gasteiger partial charge in [-0.1, -0.05) is 0 Å². The predicted molar refractivity (Wildman–Crippen MR) is 105 cm³/mol. The molecule has 0 fully saturated rings. The number of carboxylic acids is 1. The molecule has 0 aromatic heterocycles. The number of carbonyl (C=O) groups is 4. The molecular weight excluding hydrogens is 384 g/mol. The molecule has 0 rings (SSSR count). The van der Waals surface area contributed by atoms with Crippen LogP contribution in [0.4, 0.5) is 9.59 Å². The summed E-state index contributed by atoms with van der Waals surface area (Å²) < 4.78 is 10.3. The highest BCUT2D eigenvalue weighted by Crippen LogP contribution is 2.09. The number of rotatable bonds is 9. The first-order chi connectivity index (χ1) is 13.1. The molecule has 0 aliphatic rings. The molecule has 11 nitrogen and oxygen atoms in total. The Morgan fingerprint density at radius 1 is 0.966 bits per heavy atom. The van der Waals surface area contributed by atoms with E-state index in [1.165, 1.54) is 7.05 Å². The van der Waals surface area contributed by atoms with Gasteiger partial charge in [-0.05, 0) is 48.0 Å². The minimum absolute atomic E-state index is 0.140. The van der Waals surface area contributed by atoms with Crippen molar-refractivity contribution in [2.45, 2.75) is 71.6 Å². The number of likely N-dealkylation sites (N-methyl/N-ethyl adjacent to an activating group) is 1. The normalized spacial score (nSPS) is 12.7. The zero-order valence-electron chi connectivity index (χ0n) is 18.2. The van der Waals surface area contributed by atoms with Crippen LogP contribution in [0, 0.1) is 0 Å².